The van der Waals surface area contributed by atoms with Gasteiger partial charge in [-0.05, 0) is 32.3 Å². The molecule has 2 unspecified atom stereocenters. The Morgan fingerprint density at radius 1 is 1.40 bits per heavy atom. The molecule has 0 saturated carbocycles. The molecule has 1 N–H and O–H groups in total. The maximum absolute atomic E-state index is 5.59. The Bertz CT molecular complexity index is 422. The fourth-order valence-corrected chi connectivity index (χ4v) is 2.64. The fourth-order valence-electron chi connectivity index (χ4n) is 2.64. The highest BCUT2D eigenvalue weighted by Crippen LogP contribution is 2.31. The van der Waals surface area contributed by atoms with Crippen molar-refractivity contribution in [1.29, 1.82) is 0 Å². The van der Waals surface area contributed by atoms with Crippen molar-refractivity contribution in [1.82, 2.24) is 5.32 Å². The molecule has 20 heavy (non-hydrogen) atoms. The summed E-state index contributed by atoms with van der Waals surface area (Å²) in [4.78, 5) is 0. The van der Waals surface area contributed by atoms with Crippen LogP contribution < -0.4 is 14.8 Å². The van der Waals surface area contributed by atoms with Gasteiger partial charge in [-0.25, -0.2) is 0 Å². The number of hydrogen-bond donors (Lipinski definition) is 1. The van der Waals surface area contributed by atoms with Gasteiger partial charge < -0.3 is 19.5 Å². The third kappa shape index (κ3) is 3.64. The molecule has 0 radical (unpaired) electrons. The minimum Gasteiger partial charge on any atom is -0.493 e. The van der Waals surface area contributed by atoms with Crippen LogP contribution >= 0.6 is 0 Å². The van der Waals surface area contributed by atoms with E-state index in [2.05, 4.69) is 18.3 Å². The van der Waals surface area contributed by atoms with Crippen LogP contribution in [0.25, 0.3) is 0 Å². The molecule has 4 heteroatoms. The first kappa shape index (κ1) is 15.1. The van der Waals surface area contributed by atoms with E-state index in [1.54, 1.807) is 7.11 Å². The molecule has 0 amide bonds. The minimum atomic E-state index is 0.360. The van der Waals surface area contributed by atoms with Gasteiger partial charge in [-0.1, -0.05) is 12.1 Å². The van der Waals surface area contributed by atoms with E-state index in [0.29, 0.717) is 18.6 Å². The van der Waals surface area contributed by atoms with Gasteiger partial charge in [0.1, 0.15) is 0 Å². The summed E-state index contributed by atoms with van der Waals surface area (Å²) in [5, 5.41) is 3.50. The van der Waals surface area contributed by atoms with Crippen LogP contribution in [0.3, 0.4) is 0 Å². The molecule has 2 rings (SSSR count). The quantitative estimate of drug-likeness (QED) is 0.833. The van der Waals surface area contributed by atoms with Crippen molar-refractivity contribution in [3.63, 3.8) is 0 Å². The summed E-state index contributed by atoms with van der Waals surface area (Å²) in [5.41, 5.74) is 1.13. The van der Waals surface area contributed by atoms with Gasteiger partial charge in [-0.3, -0.25) is 0 Å². The number of benzene rings is 1. The summed E-state index contributed by atoms with van der Waals surface area (Å²) >= 11 is 0. The summed E-state index contributed by atoms with van der Waals surface area (Å²) in [5.74, 6) is 2.25. The molecular formula is C16H25NO3. The SMILES string of the molecule is CCOc1cccc(CNCC2CCOC2C)c1OC. The predicted octanol–water partition coefficient (Wildman–Crippen LogP) is 2.61. The normalized spacial score (nSPS) is 21.9. The molecule has 1 saturated heterocycles. The number of hydrogen-bond acceptors (Lipinski definition) is 4. The van der Waals surface area contributed by atoms with Gasteiger partial charge in [-0.2, -0.15) is 0 Å². The molecule has 0 bridgehead atoms. The van der Waals surface area contributed by atoms with Crippen LogP contribution in [0.1, 0.15) is 25.8 Å². The van der Waals surface area contributed by atoms with Gasteiger partial charge >= 0.3 is 0 Å². The minimum absolute atomic E-state index is 0.360. The zero-order valence-corrected chi connectivity index (χ0v) is 12.6. The predicted molar refractivity (Wildman–Crippen MR) is 79.4 cm³/mol. The second-order valence-electron chi connectivity index (χ2n) is 5.14. The molecule has 0 aliphatic carbocycles. The zero-order chi connectivity index (χ0) is 14.4. The summed E-state index contributed by atoms with van der Waals surface area (Å²) in [7, 11) is 1.69. The molecule has 1 aromatic carbocycles. The summed E-state index contributed by atoms with van der Waals surface area (Å²) in [6.45, 7) is 7.42. The van der Waals surface area contributed by atoms with E-state index in [0.717, 1.165) is 43.2 Å². The topological polar surface area (TPSA) is 39.7 Å². The average molecular weight is 279 g/mol. The Morgan fingerprint density at radius 2 is 2.25 bits per heavy atom. The van der Waals surface area contributed by atoms with Gasteiger partial charge in [0.25, 0.3) is 0 Å². The molecule has 1 aliphatic rings. The lowest BCUT2D eigenvalue weighted by Gasteiger charge is -2.17. The van der Waals surface area contributed by atoms with Crippen molar-refractivity contribution in [2.24, 2.45) is 5.92 Å². The van der Waals surface area contributed by atoms with Crippen LogP contribution in [0.15, 0.2) is 18.2 Å². The highest BCUT2D eigenvalue weighted by Gasteiger charge is 2.23. The molecule has 4 nitrogen and oxygen atoms in total. The Labute approximate surface area is 121 Å². The lowest BCUT2D eigenvalue weighted by atomic mass is 10.0. The molecule has 1 aromatic rings. The van der Waals surface area contributed by atoms with E-state index in [-0.39, 0.29) is 0 Å². The van der Waals surface area contributed by atoms with E-state index in [9.17, 15) is 0 Å². The highest BCUT2D eigenvalue weighted by atomic mass is 16.5. The van der Waals surface area contributed by atoms with Crippen molar-refractivity contribution in [2.45, 2.75) is 32.9 Å². The maximum atomic E-state index is 5.59. The van der Waals surface area contributed by atoms with Crippen molar-refractivity contribution in [3.05, 3.63) is 23.8 Å². The zero-order valence-electron chi connectivity index (χ0n) is 12.6. The van der Waals surface area contributed by atoms with Gasteiger partial charge in [0.05, 0.1) is 19.8 Å². The fraction of sp³-hybridized carbons (Fsp3) is 0.625. The second kappa shape index (κ2) is 7.50. The Kier molecular flexibility index (Phi) is 5.68. The van der Waals surface area contributed by atoms with Gasteiger partial charge in [-0.15, -0.1) is 0 Å². The van der Waals surface area contributed by atoms with Crippen LogP contribution in [-0.2, 0) is 11.3 Å². The van der Waals surface area contributed by atoms with Crippen LogP contribution in [-0.4, -0.2) is 33.0 Å². The third-order valence-electron chi connectivity index (χ3n) is 3.82. The molecule has 1 aliphatic heterocycles. The number of ether oxygens (including phenoxy) is 3. The van der Waals surface area contributed by atoms with Crippen LogP contribution in [0.5, 0.6) is 11.5 Å². The maximum Gasteiger partial charge on any atom is 0.165 e. The van der Waals surface area contributed by atoms with E-state index in [4.69, 9.17) is 14.2 Å². The molecule has 2 atom stereocenters. The lowest BCUT2D eigenvalue weighted by molar-refractivity contribution is 0.105. The number of para-hydroxylation sites is 1. The Hall–Kier alpha value is -1.26. The van der Waals surface area contributed by atoms with Gasteiger partial charge in [0, 0.05) is 25.3 Å². The third-order valence-corrected chi connectivity index (χ3v) is 3.82. The van der Waals surface area contributed by atoms with E-state index >= 15 is 0 Å². The van der Waals surface area contributed by atoms with Crippen molar-refractivity contribution >= 4 is 0 Å². The molecule has 112 valence electrons. The first-order valence-corrected chi connectivity index (χ1v) is 7.37. The van der Waals surface area contributed by atoms with Crippen LogP contribution in [0.4, 0.5) is 0 Å². The van der Waals surface area contributed by atoms with E-state index < -0.39 is 0 Å². The highest BCUT2D eigenvalue weighted by molar-refractivity contribution is 5.46. The first-order chi connectivity index (χ1) is 9.76. The van der Waals surface area contributed by atoms with Crippen LogP contribution in [0, 0.1) is 5.92 Å². The molecule has 0 spiro atoms. The molecule has 0 aromatic heterocycles. The monoisotopic (exact) mass is 279 g/mol. The van der Waals surface area contributed by atoms with Crippen molar-refractivity contribution < 1.29 is 14.2 Å². The van der Waals surface area contributed by atoms with Gasteiger partial charge in [0.15, 0.2) is 11.5 Å². The lowest BCUT2D eigenvalue weighted by Crippen LogP contribution is -2.26. The Balaban J connectivity index is 1.93. The molecular weight excluding hydrogens is 254 g/mol. The number of methoxy groups -OCH3 is 1. The van der Waals surface area contributed by atoms with Gasteiger partial charge in [0.2, 0.25) is 0 Å². The van der Waals surface area contributed by atoms with E-state index in [1.165, 1.54) is 0 Å². The largest absolute Gasteiger partial charge is 0.493 e. The Morgan fingerprint density at radius 3 is 2.90 bits per heavy atom. The molecule has 1 fully saturated rings. The summed E-state index contributed by atoms with van der Waals surface area (Å²) in [6, 6.07) is 6.02. The number of rotatable bonds is 7. The smallest absolute Gasteiger partial charge is 0.165 e. The molecule has 1 heterocycles. The average Bonchev–Trinajstić information content (AvgIpc) is 2.85. The van der Waals surface area contributed by atoms with Crippen molar-refractivity contribution in [2.75, 3.05) is 26.9 Å². The number of nitrogens with one attached hydrogen (secondary N) is 1. The first-order valence-electron chi connectivity index (χ1n) is 7.37. The summed E-state index contributed by atoms with van der Waals surface area (Å²) < 4.78 is 16.7. The van der Waals surface area contributed by atoms with Crippen molar-refractivity contribution in [3.8, 4) is 11.5 Å². The van der Waals surface area contributed by atoms with E-state index in [1.807, 2.05) is 19.1 Å². The summed E-state index contributed by atoms with van der Waals surface area (Å²) in [6.07, 6.45) is 1.50. The standard InChI is InChI=1S/C16H25NO3/c1-4-19-15-7-5-6-14(16(15)18-3)11-17-10-13-8-9-20-12(13)2/h5-7,12-13,17H,4,8-11H2,1-3H3. The van der Waals surface area contributed by atoms with Crippen LogP contribution in [0.2, 0.25) is 0 Å². The second-order valence-corrected chi connectivity index (χ2v) is 5.14.